The van der Waals surface area contributed by atoms with Crippen molar-refractivity contribution in [2.75, 3.05) is 0 Å². The predicted octanol–water partition coefficient (Wildman–Crippen LogP) is 2.35. The summed E-state index contributed by atoms with van der Waals surface area (Å²) in [5.41, 5.74) is 0.700. The summed E-state index contributed by atoms with van der Waals surface area (Å²) in [5.74, 6) is 2.67. The summed E-state index contributed by atoms with van der Waals surface area (Å²) in [6.45, 7) is 4.61. The van der Waals surface area contributed by atoms with E-state index in [9.17, 15) is 0 Å². The van der Waals surface area contributed by atoms with Crippen LogP contribution >= 0.6 is 15.9 Å². The predicted molar refractivity (Wildman–Crippen MR) is 61.7 cm³/mol. The van der Waals surface area contributed by atoms with Crippen LogP contribution in [0.2, 0.25) is 0 Å². The Hall–Kier alpha value is -0.850. The van der Waals surface area contributed by atoms with Crippen LogP contribution in [0.4, 0.5) is 0 Å². The number of aromatic nitrogens is 1. The van der Waals surface area contributed by atoms with Gasteiger partial charge in [-0.25, -0.2) is 0 Å². The van der Waals surface area contributed by atoms with Gasteiger partial charge in [0.15, 0.2) is 0 Å². The highest BCUT2D eigenvalue weighted by atomic mass is 79.9. The van der Waals surface area contributed by atoms with Gasteiger partial charge in [0.25, 0.3) is 0 Å². The number of hydrogen-bond acceptors (Lipinski definition) is 2. The van der Waals surface area contributed by atoms with E-state index < -0.39 is 0 Å². The number of terminal acetylenes is 1. The molecule has 0 spiro atoms. The molecule has 0 unspecified atom stereocenters. The number of nitrogens with one attached hydrogen (secondary N) is 1. The number of hydrogen-bond donors (Lipinski definition) is 1. The van der Waals surface area contributed by atoms with Gasteiger partial charge in [-0.05, 0) is 41.9 Å². The average molecular weight is 253 g/mol. The maximum absolute atomic E-state index is 5.35. The summed E-state index contributed by atoms with van der Waals surface area (Å²) in [5, 5.41) is 3.23. The molecule has 0 aliphatic carbocycles. The fraction of sp³-hybridized carbons (Fsp3) is 0.364. The van der Waals surface area contributed by atoms with E-state index in [0.717, 1.165) is 10.2 Å². The topological polar surface area (TPSA) is 24.9 Å². The van der Waals surface area contributed by atoms with Crippen molar-refractivity contribution in [3.8, 4) is 12.3 Å². The van der Waals surface area contributed by atoms with Crippen LogP contribution in [-0.2, 0) is 6.54 Å². The first-order valence-corrected chi connectivity index (χ1v) is 5.16. The van der Waals surface area contributed by atoms with Gasteiger partial charge in [0, 0.05) is 17.2 Å². The van der Waals surface area contributed by atoms with Crippen molar-refractivity contribution in [2.45, 2.75) is 25.9 Å². The van der Waals surface area contributed by atoms with Gasteiger partial charge in [-0.3, -0.25) is 10.3 Å². The van der Waals surface area contributed by atoms with Gasteiger partial charge in [-0.1, -0.05) is 5.92 Å². The molecule has 0 saturated heterocycles. The standard InChI is InChI=1S/C11H13BrN2/c1-4-11(2,3)14-8-10-6-5-9(12)7-13-10/h1,5-7,14H,8H2,2-3H3. The zero-order valence-electron chi connectivity index (χ0n) is 8.34. The minimum Gasteiger partial charge on any atom is -0.296 e. The Morgan fingerprint density at radius 3 is 2.79 bits per heavy atom. The van der Waals surface area contributed by atoms with Gasteiger partial charge in [-0.15, -0.1) is 6.42 Å². The van der Waals surface area contributed by atoms with Crippen molar-refractivity contribution in [1.29, 1.82) is 0 Å². The second-order valence-electron chi connectivity index (χ2n) is 3.59. The maximum Gasteiger partial charge on any atom is 0.0744 e. The molecule has 1 rings (SSSR count). The summed E-state index contributed by atoms with van der Waals surface area (Å²) >= 11 is 3.33. The summed E-state index contributed by atoms with van der Waals surface area (Å²) in [7, 11) is 0. The monoisotopic (exact) mass is 252 g/mol. The van der Waals surface area contributed by atoms with Crippen LogP contribution in [0.1, 0.15) is 19.5 Å². The molecule has 74 valence electrons. The zero-order chi connectivity index (χ0) is 10.6. The van der Waals surface area contributed by atoms with Gasteiger partial charge in [0.1, 0.15) is 0 Å². The van der Waals surface area contributed by atoms with Crippen LogP contribution in [-0.4, -0.2) is 10.5 Å². The van der Waals surface area contributed by atoms with Gasteiger partial charge in [0.05, 0.1) is 11.2 Å². The van der Waals surface area contributed by atoms with Crippen molar-refractivity contribution >= 4 is 15.9 Å². The first kappa shape index (κ1) is 11.2. The van der Waals surface area contributed by atoms with E-state index in [0.29, 0.717) is 6.54 Å². The molecule has 0 atom stereocenters. The largest absolute Gasteiger partial charge is 0.296 e. The van der Waals surface area contributed by atoms with Crippen molar-refractivity contribution in [1.82, 2.24) is 10.3 Å². The molecule has 3 heteroatoms. The molecule has 14 heavy (non-hydrogen) atoms. The lowest BCUT2D eigenvalue weighted by Gasteiger charge is -2.19. The first-order valence-electron chi connectivity index (χ1n) is 4.37. The van der Waals surface area contributed by atoms with Crippen LogP contribution in [0.25, 0.3) is 0 Å². The maximum atomic E-state index is 5.35. The highest BCUT2D eigenvalue weighted by Gasteiger charge is 2.11. The van der Waals surface area contributed by atoms with E-state index in [1.54, 1.807) is 6.20 Å². The van der Waals surface area contributed by atoms with E-state index in [1.165, 1.54) is 0 Å². The van der Waals surface area contributed by atoms with Gasteiger partial charge in [0.2, 0.25) is 0 Å². The zero-order valence-corrected chi connectivity index (χ0v) is 9.93. The first-order chi connectivity index (χ1) is 6.53. The van der Waals surface area contributed by atoms with Crippen LogP contribution < -0.4 is 5.32 Å². The van der Waals surface area contributed by atoms with Gasteiger partial charge >= 0.3 is 0 Å². The fourth-order valence-electron chi connectivity index (χ4n) is 0.874. The van der Waals surface area contributed by atoms with Crippen molar-refractivity contribution in [3.05, 3.63) is 28.5 Å². The van der Waals surface area contributed by atoms with E-state index in [1.807, 2.05) is 26.0 Å². The SMILES string of the molecule is C#CC(C)(C)NCc1ccc(Br)cn1. The Morgan fingerprint density at radius 2 is 2.29 bits per heavy atom. The minimum absolute atomic E-state index is 0.283. The molecule has 2 nitrogen and oxygen atoms in total. The summed E-state index contributed by atoms with van der Waals surface area (Å²) in [6.07, 6.45) is 7.13. The Labute approximate surface area is 93.3 Å². The third-order valence-corrected chi connectivity index (χ3v) is 2.33. The quantitative estimate of drug-likeness (QED) is 0.836. The third kappa shape index (κ3) is 3.49. The molecule has 0 aliphatic heterocycles. The molecule has 1 heterocycles. The lowest BCUT2D eigenvalue weighted by atomic mass is 10.1. The molecule has 0 aliphatic rings. The smallest absolute Gasteiger partial charge is 0.0744 e. The summed E-state index contributed by atoms with van der Waals surface area (Å²) in [6, 6.07) is 3.93. The molecule has 0 radical (unpaired) electrons. The van der Waals surface area contributed by atoms with E-state index in [4.69, 9.17) is 6.42 Å². The van der Waals surface area contributed by atoms with Crippen molar-refractivity contribution in [3.63, 3.8) is 0 Å². The Balaban J connectivity index is 2.55. The second-order valence-corrected chi connectivity index (χ2v) is 4.51. The normalized spacial score (nSPS) is 11.0. The van der Waals surface area contributed by atoms with Crippen LogP contribution in [0.3, 0.4) is 0 Å². The van der Waals surface area contributed by atoms with Crippen molar-refractivity contribution in [2.24, 2.45) is 0 Å². The Kier molecular flexibility index (Phi) is 3.68. The van der Waals surface area contributed by atoms with Crippen molar-refractivity contribution < 1.29 is 0 Å². The van der Waals surface area contributed by atoms with E-state index in [-0.39, 0.29) is 5.54 Å². The Morgan fingerprint density at radius 1 is 1.57 bits per heavy atom. The molecule has 0 aromatic carbocycles. The lowest BCUT2D eigenvalue weighted by molar-refractivity contribution is 0.486. The molecule has 0 fully saturated rings. The van der Waals surface area contributed by atoms with Gasteiger partial charge < -0.3 is 0 Å². The highest BCUT2D eigenvalue weighted by molar-refractivity contribution is 9.10. The number of halogens is 1. The number of pyridine rings is 1. The number of nitrogens with zero attached hydrogens (tertiary/aromatic N) is 1. The Bertz CT molecular complexity index is 335. The fourth-order valence-corrected chi connectivity index (χ4v) is 1.11. The molecule has 1 aromatic heterocycles. The summed E-state index contributed by atoms with van der Waals surface area (Å²) < 4.78 is 0.984. The molecular formula is C11H13BrN2. The molecule has 1 aromatic rings. The average Bonchev–Trinajstić information content (AvgIpc) is 2.17. The second kappa shape index (κ2) is 4.59. The molecule has 1 N–H and O–H groups in total. The van der Waals surface area contributed by atoms with E-state index in [2.05, 4.69) is 32.2 Å². The minimum atomic E-state index is -0.283. The third-order valence-electron chi connectivity index (χ3n) is 1.86. The van der Waals surface area contributed by atoms with Crippen LogP contribution in [0.5, 0.6) is 0 Å². The van der Waals surface area contributed by atoms with Crippen LogP contribution in [0, 0.1) is 12.3 Å². The summed E-state index contributed by atoms with van der Waals surface area (Å²) in [4.78, 5) is 4.24. The highest BCUT2D eigenvalue weighted by Crippen LogP contribution is 2.08. The molecule has 0 bridgehead atoms. The molecule has 0 saturated carbocycles. The number of rotatable bonds is 3. The molecular weight excluding hydrogens is 240 g/mol. The van der Waals surface area contributed by atoms with E-state index >= 15 is 0 Å². The lowest BCUT2D eigenvalue weighted by Crippen LogP contribution is -2.37. The molecule has 0 amide bonds. The van der Waals surface area contributed by atoms with Crippen LogP contribution in [0.15, 0.2) is 22.8 Å². The van der Waals surface area contributed by atoms with Gasteiger partial charge in [-0.2, -0.15) is 0 Å².